The fraction of sp³-hybridized carbons (Fsp3) is 0.933. The summed E-state index contributed by atoms with van der Waals surface area (Å²) < 4.78 is 0. The van der Waals surface area contributed by atoms with E-state index < -0.39 is 0 Å². The summed E-state index contributed by atoms with van der Waals surface area (Å²) in [4.78, 5) is 14.6. The van der Waals surface area contributed by atoms with E-state index in [1.165, 1.54) is 25.7 Å². The molecule has 2 rings (SSSR count). The Morgan fingerprint density at radius 2 is 2.16 bits per heavy atom. The zero-order valence-electron chi connectivity index (χ0n) is 12.6. The van der Waals surface area contributed by atoms with Crippen molar-refractivity contribution in [3.8, 4) is 0 Å². The van der Waals surface area contributed by atoms with Gasteiger partial charge in [-0.3, -0.25) is 9.69 Å². The van der Waals surface area contributed by atoms with E-state index in [-0.39, 0.29) is 11.9 Å². The van der Waals surface area contributed by atoms with Gasteiger partial charge in [-0.25, -0.2) is 0 Å². The highest BCUT2D eigenvalue weighted by atomic mass is 16.2. The first-order chi connectivity index (χ1) is 9.11. The molecule has 1 aliphatic carbocycles. The number of hydrogen-bond donors (Lipinski definition) is 2. The first kappa shape index (κ1) is 14.8. The number of likely N-dealkylation sites (N-methyl/N-ethyl adjacent to an activating group) is 1. The van der Waals surface area contributed by atoms with Crippen LogP contribution in [0, 0.1) is 5.92 Å². The molecular weight excluding hydrogens is 238 g/mol. The molecule has 3 unspecified atom stereocenters. The van der Waals surface area contributed by atoms with Gasteiger partial charge >= 0.3 is 0 Å². The third-order valence-corrected chi connectivity index (χ3v) is 4.80. The van der Waals surface area contributed by atoms with Crippen molar-refractivity contribution in [2.45, 2.75) is 64.1 Å². The van der Waals surface area contributed by atoms with Gasteiger partial charge in [0.25, 0.3) is 0 Å². The van der Waals surface area contributed by atoms with Gasteiger partial charge in [0, 0.05) is 18.6 Å². The molecule has 0 aromatic carbocycles. The SMILES string of the molecule is CCC1CCNC(C(=O)NCC(C)N(C)C2CC2)C1. The number of nitrogens with zero attached hydrogens (tertiary/aromatic N) is 1. The van der Waals surface area contributed by atoms with Crippen LogP contribution < -0.4 is 10.6 Å². The van der Waals surface area contributed by atoms with Gasteiger partial charge in [-0.2, -0.15) is 0 Å². The number of piperidine rings is 1. The molecule has 2 N–H and O–H groups in total. The highest BCUT2D eigenvalue weighted by molar-refractivity contribution is 5.81. The van der Waals surface area contributed by atoms with E-state index in [2.05, 4.69) is 36.4 Å². The maximum absolute atomic E-state index is 12.2. The van der Waals surface area contributed by atoms with Gasteiger partial charge in [-0.1, -0.05) is 13.3 Å². The van der Waals surface area contributed by atoms with Crippen LogP contribution in [0.5, 0.6) is 0 Å². The maximum atomic E-state index is 12.2. The van der Waals surface area contributed by atoms with E-state index in [9.17, 15) is 4.79 Å². The molecule has 0 radical (unpaired) electrons. The third-order valence-electron chi connectivity index (χ3n) is 4.80. The van der Waals surface area contributed by atoms with Crippen LogP contribution in [0.1, 0.15) is 46.0 Å². The first-order valence-electron chi connectivity index (χ1n) is 7.84. The number of nitrogens with one attached hydrogen (secondary N) is 2. The Morgan fingerprint density at radius 3 is 2.79 bits per heavy atom. The predicted molar refractivity (Wildman–Crippen MR) is 78.1 cm³/mol. The Bertz CT molecular complexity index is 304. The van der Waals surface area contributed by atoms with E-state index in [1.807, 2.05) is 0 Å². The Labute approximate surface area is 117 Å². The lowest BCUT2D eigenvalue weighted by atomic mass is 9.90. The molecular formula is C15H29N3O. The summed E-state index contributed by atoms with van der Waals surface area (Å²) in [7, 11) is 2.17. The van der Waals surface area contributed by atoms with Crippen LogP contribution in [0.15, 0.2) is 0 Å². The van der Waals surface area contributed by atoms with Crippen molar-refractivity contribution < 1.29 is 4.79 Å². The van der Waals surface area contributed by atoms with Crippen molar-refractivity contribution in [3.05, 3.63) is 0 Å². The maximum Gasteiger partial charge on any atom is 0.237 e. The van der Waals surface area contributed by atoms with Crippen LogP contribution in [0.25, 0.3) is 0 Å². The minimum absolute atomic E-state index is 0.0251. The highest BCUT2D eigenvalue weighted by Gasteiger charge is 2.30. The Kier molecular flexibility index (Phi) is 5.22. The van der Waals surface area contributed by atoms with Gasteiger partial charge in [0.1, 0.15) is 0 Å². The van der Waals surface area contributed by atoms with E-state index >= 15 is 0 Å². The van der Waals surface area contributed by atoms with Crippen LogP contribution in [0.2, 0.25) is 0 Å². The summed E-state index contributed by atoms with van der Waals surface area (Å²) in [6, 6.07) is 1.21. The third kappa shape index (κ3) is 4.18. The van der Waals surface area contributed by atoms with Gasteiger partial charge in [0.2, 0.25) is 5.91 Å². The monoisotopic (exact) mass is 267 g/mol. The number of carbonyl (C=O) groups is 1. The molecule has 1 saturated carbocycles. The van der Waals surface area contributed by atoms with Crippen LogP contribution in [0.4, 0.5) is 0 Å². The number of carbonyl (C=O) groups excluding carboxylic acids is 1. The van der Waals surface area contributed by atoms with Gasteiger partial charge in [-0.05, 0) is 52.1 Å². The van der Waals surface area contributed by atoms with Crippen molar-refractivity contribution in [1.82, 2.24) is 15.5 Å². The van der Waals surface area contributed by atoms with Crippen molar-refractivity contribution in [1.29, 1.82) is 0 Å². The standard InChI is InChI=1S/C15H29N3O/c1-4-12-7-8-16-14(9-12)15(19)17-10-11(2)18(3)13-5-6-13/h11-14,16H,4-10H2,1-3H3,(H,17,19). The Balaban J connectivity index is 1.71. The molecule has 2 aliphatic rings. The summed E-state index contributed by atoms with van der Waals surface area (Å²) in [6.45, 7) is 6.16. The highest BCUT2D eigenvalue weighted by Crippen LogP contribution is 2.26. The molecule has 4 heteroatoms. The fourth-order valence-corrected chi connectivity index (χ4v) is 2.92. The zero-order chi connectivity index (χ0) is 13.8. The number of rotatable bonds is 6. The molecule has 0 bridgehead atoms. The van der Waals surface area contributed by atoms with E-state index in [4.69, 9.17) is 0 Å². The molecule has 1 heterocycles. The molecule has 110 valence electrons. The van der Waals surface area contributed by atoms with Gasteiger partial charge < -0.3 is 10.6 Å². The lowest BCUT2D eigenvalue weighted by Crippen LogP contribution is -2.51. The van der Waals surface area contributed by atoms with Gasteiger partial charge in [0.15, 0.2) is 0 Å². The second kappa shape index (κ2) is 6.71. The summed E-state index contributed by atoms with van der Waals surface area (Å²) in [5, 5.41) is 6.46. The second-order valence-electron chi connectivity index (χ2n) is 6.30. The van der Waals surface area contributed by atoms with E-state index in [0.717, 1.165) is 25.6 Å². The van der Waals surface area contributed by atoms with Gasteiger partial charge in [0.05, 0.1) is 6.04 Å². The molecule has 1 amide bonds. The summed E-state index contributed by atoms with van der Waals surface area (Å²) in [6.07, 6.45) is 6.02. The summed E-state index contributed by atoms with van der Waals surface area (Å²) in [5.74, 6) is 0.901. The average Bonchev–Trinajstić information content (AvgIpc) is 3.28. The molecule has 1 aliphatic heterocycles. The number of amides is 1. The normalized spacial score (nSPS) is 29.3. The lowest BCUT2D eigenvalue weighted by Gasteiger charge is -2.30. The Morgan fingerprint density at radius 1 is 1.42 bits per heavy atom. The molecule has 2 fully saturated rings. The van der Waals surface area contributed by atoms with Crippen LogP contribution in [0.3, 0.4) is 0 Å². The van der Waals surface area contributed by atoms with Crippen molar-refractivity contribution in [2.75, 3.05) is 20.1 Å². The predicted octanol–water partition coefficient (Wildman–Crippen LogP) is 1.36. The molecule has 0 spiro atoms. The first-order valence-corrected chi connectivity index (χ1v) is 7.84. The zero-order valence-corrected chi connectivity index (χ0v) is 12.6. The largest absolute Gasteiger partial charge is 0.353 e. The van der Waals surface area contributed by atoms with Crippen LogP contribution in [-0.2, 0) is 4.79 Å². The average molecular weight is 267 g/mol. The summed E-state index contributed by atoms with van der Waals surface area (Å²) in [5.41, 5.74) is 0. The summed E-state index contributed by atoms with van der Waals surface area (Å²) >= 11 is 0. The molecule has 4 nitrogen and oxygen atoms in total. The molecule has 19 heavy (non-hydrogen) atoms. The minimum Gasteiger partial charge on any atom is -0.353 e. The minimum atomic E-state index is 0.0251. The fourth-order valence-electron chi connectivity index (χ4n) is 2.92. The van der Waals surface area contributed by atoms with Crippen LogP contribution >= 0.6 is 0 Å². The molecule has 3 atom stereocenters. The van der Waals surface area contributed by atoms with E-state index in [1.54, 1.807) is 0 Å². The quantitative estimate of drug-likeness (QED) is 0.764. The molecule has 1 saturated heterocycles. The van der Waals surface area contributed by atoms with Crippen molar-refractivity contribution in [2.24, 2.45) is 5.92 Å². The smallest absolute Gasteiger partial charge is 0.237 e. The van der Waals surface area contributed by atoms with Crippen molar-refractivity contribution in [3.63, 3.8) is 0 Å². The van der Waals surface area contributed by atoms with Crippen LogP contribution in [-0.4, -0.2) is 49.1 Å². The lowest BCUT2D eigenvalue weighted by molar-refractivity contribution is -0.124. The van der Waals surface area contributed by atoms with Crippen molar-refractivity contribution >= 4 is 5.91 Å². The molecule has 0 aromatic rings. The van der Waals surface area contributed by atoms with E-state index in [0.29, 0.717) is 12.0 Å². The molecule has 0 aromatic heterocycles. The number of hydrogen-bond acceptors (Lipinski definition) is 3. The topological polar surface area (TPSA) is 44.4 Å². The van der Waals surface area contributed by atoms with Gasteiger partial charge in [-0.15, -0.1) is 0 Å². The second-order valence-corrected chi connectivity index (χ2v) is 6.30. The Hall–Kier alpha value is -0.610.